The first kappa shape index (κ1) is 23.7. The van der Waals surface area contributed by atoms with Gasteiger partial charge >= 0.3 is 6.18 Å². The highest BCUT2D eigenvalue weighted by Gasteiger charge is 2.35. The van der Waals surface area contributed by atoms with Gasteiger partial charge in [0.05, 0.1) is 35.7 Å². The maximum absolute atomic E-state index is 13.8. The number of aromatic nitrogens is 2. The maximum atomic E-state index is 13.8. The van der Waals surface area contributed by atoms with Crippen molar-refractivity contribution in [2.45, 2.75) is 39.0 Å². The Morgan fingerprint density at radius 2 is 1.97 bits per heavy atom. The second-order valence-corrected chi connectivity index (χ2v) is 8.47. The fourth-order valence-corrected chi connectivity index (χ4v) is 4.15. The summed E-state index contributed by atoms with van der Waals surface area (Å²) in [6.07, 6.45) is -4.62. The van der Waals surface area contributed by atoms with Gasteiger partial charge in [-0.15, -0.1) is 0 Å². The molecule has 1 fully saturated rings. The van der Waals surface area contributed by atoms with Crippen LogP contribution in [0.15, 0.2) is 41.2 Å². The van der Waals surface area contributed by atoms with E-state index in [0.717, 1.165) is 6.07 Å². The molecule has 0 radical (unpaired) electrons. The zero-order valence-electron chi connectivity index (χ0n) is 19.0. The molecule has 34 heavy (non-hydrogen) atoms. The van der Waals surface area contributed by atoms with E-state index in [9.17, 15) is 22.8 Å². The summed E-state index contributed by atoms with van der Waals surface area (Å²) >= 11 is 0. The van der Waals surface area contributed by atoms with Crippen LogP contribution in [-0.2, 0) is 10.9 Å². The molecule has 7 nitrogen and oxygen atoms in total. The number of aryl methyl sites for hydroxylation is 1. The van der Waals surface area contributed by atoms with Gasteiger partial charge in [-0.05, 0) is 62.7 Å². The molecule has 10 heteroatoms. The Kier molecular flexibility index (Phi) is 6.35. The highest BCUT2D eigenvalue weighted by atomic mass is 19.4. The number of anilines is 1. The number of morpholine rings is 1. The predicted octanol–water partition coefficient (Wildman–Crippen LogP) is 4.28. The number of ether oxygens (including phenoxy) is 1. The van der Waals surface area contributed by atoms with Crippen LogP contribution < -0.4 is 10.9 Å². The molecule has 0 spiro atoms. The van der Waals surface area contributed by atoms with Crippen molar-refractivity contribution in [2.24, 2.45) is 0 Å². The summed E-state index contributed by atoms with van der Waals surface area (Å²) in [7, 11) is 0. The van der Waals surface area contributed by atoms with Crippen LogP contribution in [-0.4, -0.2) is 46.6 Å². The smallest absolute Gasteiger partial charge is 0.379 e. The van der Waals surface area contributed by atoms with Gasteiger partial charge in [0, 0.05) is 23.8 Å². The van der Waals surface area contributed by atoms with Gasteiger partial charge in [-0.3, -0.25) is 9.59 Å². The van der Waals surface area contributed by atoms with Crippen LogP contribution in [0.2, 0.25) is 0 Å². The standard InChI is InChI=1S/C24H25F3N4O3/c1-13-12-34-9-8-31(13)23(33)16-4-6-17(7-5-16)28-14(2)18-10-19-21(11-20(18)24(25,26)27)29-15(3)30-22(19)32/h4-7,10-11,13-14,28H,8-9,12H2,1-3H3,(H,29,30,32)/t13-,14+/m1/s1. The van der Waals surface area contributed by atoms with Crippen LogP contribution in [0.5, 0.6) is 0 Å². The molecule has 1 saturated heterocycles. The van der Waals surface area contributed by atoms with Gasteiger partial charge in [0.1, 0.15) is 5.82 Å². The summed E-state index contributed by atoms with van der Waals surface area (Å²) in [5.74, 6) is 0.122. The average Bonchev–Trinajstić information content (AvgIpc) is 2.78. The zero-order valence-corrected chi connectivity index (χ0v) is 19.0. The number of aromatic amines is 1. The minimum Gasteiger partial charge on any atom is -0.379 e. The number of nitrogens with zero attached hydrogens (tertiary/aromatic N) is 2. The average molecular weight is 474 g/mol. The number of nitrogens with one attached hydrogen (secondary N) is 2. The molecule has 1 amide bonds. The molecular weight excluding hydrogens is 449 g/mol. The molecule has 0 saturated carbocycles. The summed E-state index contributed by atoms with van der Waals surface area (Å²) in [5.41, 5.74) is -0.400. The maximum Gasteiger partial charge on any atom is 0.416 e. The quantitative estimate of drug-likeness (QED) is 0.589. The number of halogens is 3. The molecule has 180 valence electrons. The Hall–Kier alpha value is -3.40. The van der Waals surface area contributed by atoms with E-state index in [0.29, 0.717) is 31.0 Å². The van der Waals surface area contributed by atoms with E-state index in [1.807, 2.05) is 6.92 Å². The number of hydrogen-bond donors (Lipinski definition) is 2. The van der Waals surface area contributed by atoms with Gasteiger partial charge in [-0.25, -0.2) is 4.98 Å². The third-order valence-corrected chi connectivity index (χ3v) is 5.91. The van der Waals surface area contributed by atoms with E-state index in [4.69, 9.17) is 4.74 Å². The summed E-state index contributed by atoms with van der Waals surface area (Å²) < 4.78 is 46.9. The second kappa shape index (κ2) is 9.09. The van der Waals surface area contributed by atoms with E-state index in [2.05, 4.69) is 15.3 Å². The van der Waals surface area contributed by atoms with Crippen LogP contribution in [0, 0.1) is 6.92 Å². The Labute approximate surface area is 193 Å². The summed E-state index contributed by atoms with van der Waals surface area (Å²) in [4.78, 5) is 33.4. The Morgan fingerprint density at radius 1 is 1.26 bits per heavy atom. The van der Waals surface area contributed by atoms with Gasteiger partial charge in [0.15, 0.2) is 0 Å². The van der Waals surface area contributed by atoms with E-state index >= 15 is 0 Å². The first-order chi connectivity index (χ1) is 16.0. The molecule has 1 aliphatic heterocycles. The van der Waals surface area contributed by atoms with E-state index in [1.54, 1.807) is 36.1 Å². The molecule has 1 aliphatic rings. The third-order valence-electron chi connectivity index (χ3n) is 5.91. The summed E-state index contributed by atoms with van der Waals surface area (Å²) in [6.45, 7) is 6.48. The first-order valence-electron chi connectivity index (χ1n) is 10.9. The topological polar surface area (TPSA) is 87.3 Å². The second-order valence-electron chi connectivity index (χ2n) is 8.47. The number of fused-ring (bicyclic) bond motifs is 1. The van der Waals surface area contributed by atoms with Crippen LogP contribution in [0.3, 0.4) is 0 Å². The molecule has 1 aromatic heterocycles. The van der Waals surface area contributed by atoms with Crippen molar-refractivity contribution >= 4 is 22.5 Å². The van der Waals surface area contributed by atoms with Crippen molar-refractivity contribution < 1.29 is 22.7 Å². The minimum atomic E-state index is -4.62. The molecule has 2 N–H and O–H groups in total. The summed E-state index contributed by atoms with van der Waals surface area (Å²) in [6, 6.07) is 7.93. The first-order valence-corrected chi connectivity index (χ1v) is 10.9. The van der Waals surface area contributed by atoms with Gasteiger partial charge in [0.25, 0.3) is 11.5 Å². The molecule has 4 rings (SSSR count). The lowest BCUT2D eigenvalue weighted by molar-refractivity contribution is -0.138. The number of carbonyl (C=O) groups excluding carboxylic acids is 1. The third kappa shape index (κ3) is 4.77. The van der Waals surface area contributed by atoms with Crippen molar-refractivity contribution in [3.63, 3.8) is 0 Å². The van der Waals surface area contributed by atoms with Crippen molar-refractivity contribution in [2.75, 3.05) is 25.1 Å². The normalized spacial score (nSPS) is 17.6. The molecule has 2 aromatic carbocycles. The Balaban J connectivity index is 1.61. The highest BCUT2D eigenvalue weighted by molar-refractivity contribution is 5.94. The number of H-pyrrole nitrogens is 1. The van der Waals surface area contributed by atoms with Crippen molar-refractivity contribution in [3.8, 4) is 0 Å². The Morgan fingerprint density at radius 3 is 2.62 bits per heavy atom. The zero-order chi connectivity index (χ0) is 24.6. The molecule has 3 aromatic rings. The lowest BCUT2D eigenvalue weighted by atomic mass is 9.98. The highest BCUT2D eigenvalue weighted by Crippen LogP contribution is 2.37. The van der Waals surface area contributed by atoms with E-state index in [-0.39, 0.29) is 34.2 Å². The summed E-state index contributed by atoms with van der Waals surface area (Å²) in [5, 5.41) is 3.13. The SMILES string of the molecule is Cc1nc2cc(C(F)(F)F)c([C@H](C)Nc3ccc(C(=O)N4CCOC[C@H]4C)cc3)cc2c(=O)[nH]1. The van der Waals surface area contributed by atoms with Gasteiger partial charge in [-0.1, -0.05) is 0 Å². The van der Waals surface area contributed by atoms with Crippen LogP contribution >= 0.6 is 0 Å². The van der Waals surface area contributed by atoms with Crippen LogP contribution in [0.4, 0.5) is 18.9 Å². The van der Waals surface area contributed by atoms with Crippen molar-refractivity contribution in [1.82, 2.24) is 14.9 Å². The van der Waals surface area contributed by atoms with Gasteiger partial charge in [0.2, 0.25) is 0 Å². The van der Waals surface area contributed by atoms with Crippen molar-refractivity contribution in [1.29, 1.82) is 0 Å². The number of benzene rings is 2. The lowest BCUT2D eigenvalue weighted by Crippen LogP contribution is -2.47. The Bertz CT molecular complexity index is 1270. The largest absolute Gasteiger partial charge is 0.416 e. The number of hydrogen-bond acceptors (Lipinski definition) is 5. The van der Waals surface area contributed by atoms with Gasteiger partial charge < -0.3 is 19.9 Å². The van der Waals surface area contributed by atoms with E-state index < -0.39 is 23.3 Å². The van der Waals surface area contributed by atoms with Crippen LogP contribution in [0.1, 0.15) is 47.2 Å². The number of rotatable bonds is 4. The fraction of sp³-hybridized carbons (Fsp3) is 0.375. The number of amides is 1. The predicted molar refractivity (Wildman–Crippen MR) is 122 cm³/mol. The molecule has 2 atom stereocenters. The molecule has 0 aliphatic carbocycles. The molecule has 0 bridgehead atoms. The van der Waals surface area contributed by atoms with Crippen molar-refractivity contribution in [3.05, 3.63) is 69.3 Å². The molecule has 2 heterocycles. The minimum absolute atomic E-state index is 0.00951. The van der Waals surface area contributed by atoms with E-state index in [1.165, 1.54) is 13.0 Å². The fourth-order valence-electron chi connectivity index (χ4n) is 4.15. The molecule has 0 unspecified atom stereocenters. The lowest BCUT2D eigenvalue weighted by Gasteiger charge is -2.33. The monoisotopic (exact) mass is 474 g/mol. The van der Waals surface area contributed by atoms with Crippen LogP contribution in [0.25, 0.3) is 10.9 Å². The number of carbonyl (C=O) groups is 1. The number of alkyl halides is 3. The molecular formula is C24H25F3N4O3. The van der Waals surface area contributed by atoms with Gasteiger partial charge in [-0.2, -0.15) is 13.2 Å².